The molecule has 1 heterocycles. The lowest BCUT2D eigenvalue weighted by Gasteiger charge is -2.34. The minimum Gasteiger partial charge on any atom is -0.296 e. The number of hydrogen-bond donors (Lipinski definition) is 0. The van der Waals surface area contributed by atoms with Gasteiger partial charge in [0.25, 0.3) is 0 Å². The molecule has 25 heavy (non-hydrogen) atoms. The molecule has 0 radical (unpaired) electrons. The summed E-state index contributed by atoms with van der Waals surface area (Å²) in [4.78, 5) is 2.08. The number of piperazine rings is 1. The molecule has 1 saturated heterocycles. The molecule has 0 aromatic heterocycles. The van der Waals surface area contributed by atoms with Gasteiger partial charge in [0.2, 0.25) is 10.0 Å². The van der Waals surface area contributed by atoms with Gasteiger partial charge in [-0.3, -0.25) is 4.90 Å². The smallest absolute Gasteiger partial charge is 0.243 e. The van der Waals surface area contributed by atoms with Gasteiger partial charge in [0.1, 0.15) is 11.6 Å². The van der Waals surface area contributed by atoms with E-state index >= 15 is 0 Å². The highest BCUT2D eigenvalue weighted by molar-refractivity contribution is 9.10. The fraction of sp³-hybridized carbons (Fsp3) is 0.294. The Morgan fingerprint density at radius 3 is 2.28 bits per heavy atom. The highest BCUT2D eigenvalue weighted by Gasteiger charge is 2.28. The molecule has 0 bridgehead atoms. The van der Waals surface area contributed by atoms with Gasteiger partial charge in [0.05, 0.1) is 4.90 Å². The fourth-order valence-corrected chi connectivity index (χ4v) is 4.73. The summed E-state index contributed by atoms with van der Waals surface area (Å²) in [7, 11) is -3.69. The Labute approximate surface area is 154 Å². The van der Waals surface area contributed by atoms with E-state index in [-0.39, 0.29) is 10.7 Å². The van der Waals surface area contributed by atoms with Crippen LogP contribution in [0.25, 0.3) is 0 Å². The van der Waals surface area contributed by atoms with Crippen molar-refractivity contribution in [3.8, 4) is 0 Å². The van der Waals surface area contributed by atoms with Crippen molar-refractivity contribution in [3.05, 3.63) is 64.1 Å². The number of nitrogens with zero attached hydrogens (tertiary/aromatic N) is 2. The molecule has 0 unspecified atom stereocenters. The molecule has 0 amide bonds. The van der Waals surface area contributed by atoms with Gasteiger partial charge in [-0.25, -0.2) is 17.2 Å². The van der Waals surface area contributed by atoms with E-state index in [4.69, 9.17) is 0 Å². The predicted octanol–water partition coefficient (Wildman–Crippen LogP) is 3.23. The molecule has 0 N–H and O–H groups in total. The zero-order valence-corrected chi connectivity index (χ0v) is 15.7. The molecule has 1 aliphatic rings. The van der Waals surface area contributed by atoms with Crippen LogP contribution in [0.4, 0.5) is 8.78 Å². The summed E-state index contributed by atoms with van der Waals surface area (Å²) in [5, 5.41) is 0. The van der Waals surface area contributed by atoms with Gasteiger partial charge in [-0.1, -0.05) is 28.1 Å². The second-order valence-electron chi connectivity index (χ2n) is 5.87. The Morgan fingerprint density at radius 2 is 1.64 bits per heavy atom. The molecule has 0 atom stereocenters. The molecule has 8 heteroatoms. The van der Waals surface area contributed by atoms with Crippen LogP contribution in [0.2, 0.25) is 0 Å². The first-order valence-electron chi connectivity index (χ1n) is 7.78. The lowest BCUT2D eigenvalue weighted by Crippen LogP contribution is -2.48. The van der Waals surface area contributed by atoms with Gasteiger partial charge in [0, 0.05) is 37.2 Å². The predicted molar refractivity (Wildman–Crippen MR) is 94.5 cm³/mol. The maximum Gasteiger partial charge on any atom is 0.243 e. The SMILES string of the molecule is O=S(=O)(c1cccc(F)c1)N1CCN(Cc2ccc(F)cc2Br)CC1. The molecule has 134 valence electrons. The van der Waals surface area contributed by atoms with Crippen LogP contribution in [-0.4, -0.2) is 43.8 Å². The third-order valence-electron chi connectivity index (χ3n) is 4.17. The lowest BCUT2D eigenvalue weighted by molar-refractivity contribution is 0.181. The third-order valence-corrected chi connectivity index (χ3v) is 6.81. The Morgan fingerprint density at radius 1 is 0.960 bits per heavy atom. The van der Waals surface area contributed by atoms with Crippen LogP contribution in [0.15, 0.2) is 51.8 Å². The van der Waals surface area contributed by atoms with Crippen LogP contribution < -0.4 is 0 Å². The van der Waals surface area contributed by atoms with Crippen molar-refractivity contribution < 1.29 is 17.2 Å². The molecular formula is C17H17BrF2N2O2S. The van der Waals surface area contributed by atoms with E-state index in [1.54, 1.807) is 6.07 Å². The number of halogens is 3. The first kappa shape index (κ1) is 18.4. The summed E-state index contributed by atoms with van der Waals surface area (Å²) in [5.41, 5.74) is 0.947. The van der Waals surface area contributed by atoms with E-state index in [2.05, 4.69) is 20.8 Å². The Hall–Kier alpha value is -1.35. The highest BCUT2D eigenvalue weighted by atomic mass is 79.9. The van der Waals surface area contributed by atoms with Gasteiger partial charge < -0.3 is 0 Å². The topological polar surface area (TPSA) is 40.6 Å². The van der Waals surface area contributed by atoms with E-state index < -0.39 is 15.8 Å². The second kappa shape index (κ2) is 7.49. The quantitative estimate of drug-likeness (QED) is 0.747. The number of sulfonamides is 1. The van der Waals surface area contributed by atoms with Crippen LogP contribution in [0.5, 0.6) is 0 Å². The number of rotatable bonds is 4. The maximum atomic E-state index is 13.3. The zero-order valence-electron chi connectivity index (χ0n) is 13.3. The summed E-state index contributed by atoms with van der Waals surface area (Å²) in [6.07, 6.45) is 0. The summed E-state index contributed by atoms with van der Waals surface area (Å²) in [5.74, 6) is -0.873. The standard InChI is InChI=1S/C17H17BrF2N2O2S/c18-17-11-15(20)5-4-13(17)12-21-6-8-22(9-7-21)25(23,24)16-3-1-2-14(19)10-16/h1-5,10-11H,6-9,12H2. The van der Waals surface area contributed by atoms with Crippen LogP contribution >= 0.6 is 15.9 Å². The first-order valence-corrected chi connectivity index (χ1v) is 10.0. The second-order valence-corrected chi connectivity index (χ2v) is 8.67. The summed E-state index contributed by atoms with van der Waals surface area (Å²) in [6.45, 7) is 2.38. The molecule has 0 spiro atoms. The van der Waals surface area contributed by atoms with E-state index in [1.807, 2.05) is 0 Å². The van der Waals surface area contributed by atoms with Crippen LogP contribution in [0.3, 0.4) is 0 Å². The van der Waals surface area contributed by atoms with E-state index in [9.17, 15) is 17.2 Å². The minimum atomic E-state index is -3.69. The van der Waals surface area contributed by atoms with Crippen molar-refractivity contribution in [2.75, 3.05) is 26.2 Å². The van der Waals surface area contributed by atoms with Crippen LogP contribution in [0.1, 0.15) is 5.56 Å². The van der Waals surface area contributed by atoms with Crippen molar-refractivity contribution in [3.63, 3.8) is 0 Å². The molecule has 0 aliphatic carbocycles. The molecule has 3 rings (SSSR count). The van der Waals surface area contributed by atoms with Gasteiger partial charge in [-0.05, 0) is 35.9 Å². The number of hydrogen-bond acceptors (Lipinski definition) is 3. The van der Waals surface area contributed by atoms with E-state index in [0.717, 1.165) is 11.6 Å². The van der Waals surface area contributed by atoms with Gasteiger partial charge >= 0.3 is 0 Å². The molecule has 0 saturated carbocycles. The van der Waals surface area contributed by atoms with Crippen molar-refractivity contribution in [2.45, 2.75) is 11.4 Å². The molecule has 2 aromatic rings. The minimum absolute atomic E-state index is 0.0257. The average molecular weight is 431 g/mol. The fourth-order valence-electron chi connectivity index (χ4n) is 2.80. The van der Waals surface area contributed by atoms with Crippen LogP contribution in [0, 0.1) is 11.6 Å². The summed E-state index contributed by atoms with van der Waals surface area (Å²) >= 11 is 3.35. The first-order chi connectivity index (χ1) is 11.9. The maximum absolute atomic E-state index is 13.3. The lowest BCUT2D eigenvalue weighted by atomic mass is 10.2. The molecule has 1 aliphatic heterocycles. The van der Waals surface area contributed by atoms with Crippen molar-refractivity contribution >= 4 is 26.0 Å². The van der Waals surface area contributed by atoms with Crippen molar-refractivity contribution in [1.82, 2.24) is 9.21 Å². The normalized spacial score (nSPS) is 16.9. The largest absolute Gasteiger partial charge is 0.296 e. The van der Waals surface area contributed by atoms with Crippen LogP contribution in [-0.2, 0) is 16.6 Å². The van der Waals surface area contributed by atoms with Crippen molar-refractivity contribution in [1.29, 1.82) is 0 Å². The Kier molecular flexibility index (Phi) is 5.52. The zero-order chi connectivity index (χ0) is 18.0. The summed E-state index contributed by atoms with van der Waals surface area (Å²) < 4.78 is 53.7. The van der Waals surface area contributed by atoms with Gasteiger partial charge in [-0.2, -0.15) is 4.31 Å². The Balaban J connectivity index is 1.65. The summed E-state index contributed by atoms with van der Waals surface area (Å²) in [6, 6.07) is 9.60. The van der Waals surface area contributed by atoms with Gasteiger partial charge in [0.15, 0.2) is 0 Å². The Bertz CT molecular complexity index is 869. The van der Waals surface area contributed by atoms with E-state index in [1.165, 1.54) is 34.6 Å². The molecule has 2 aromatic carbocycles. The average Bonchev–Trinajstić information content (AvgIpc) is 2.58. The molecule has 4 nitrogen and oxygen atoms in total. The third kappa shape index (κ3) is 4.25. The van der Waals surface area contributed by atoms with Gasteiger partial charge in [-0.15, -0.1) is 0 Å². The molecular weight excluding hydrogens is 414 g/mol. The monoisotopic (exact) mass is 430 g/mol. The molecule has 1 fully saturated rings. The van der Waals surface area contributed by atoms with Crippen molar-refractivity contribution in [2.24, 2.45) is 0 Å². The number of benzene rings is 2. The van der Waals surface area contributed by atoms with E-state index in [0.29, 0.717) is 37.2 Å². The highest BCUT2D eigenvalue weighted by Crippen LogP contribution is 2.22.